The van der Waals surface area contributed by atoms with Crippen molar-refractivity contribution < 1.29 is 13.9 Å². The third kappa shape index (κ3) is 2.77. The molecule has 1 aromatic carbocycles. The Kier molecular flexibility index (Phi) is 3.77. The number of nitrogens with zero attached hydrogens (tertiary/aromatic N) is 1. The van der Waals surface area contributed by atoms with Crippen molar-refractivity contribution in [3.63, 3.8) is 0 Å². The van der Waals surface area contributed by atoms with Crippen molar-refractivity contribution in [2.75, 3.05) is 7.11 Å². The molecule has 0 spiro atoms. The highest BCUT2D eigenvalue weighted by Crippen LogP contribution is 2.20. The molecular formula is C14H14FNO2. The molecule has 0 aliphatic heterocycles. The highest BCUT2D eigenvalue weighted by molar-refractivity contribution is 5.30. The molecule has 0 amide bonds. The molecule has 2 aromatic rings. The number of rotatable bonds is 4. The highest BCUT2D eigenvalue weighted by atomic mass is 19.1. The summed E-state index contributed by atoms with van der Waals surface area (Å²) in [5.74, 6) is 0.928. The number of halogens is 1. The molecule has 0 atom stereocenters. The number of ether oxygens (including phenoxy) is 2. The van der Waals surface area contributed by atoms with Gasteiger partial charge in [-0.05, 0) is 42.8 Å². The number of pyridine rings is 1. The molecule has 0 aliphatic carbocycles. The molecule has 94 valence electrons. The normalized spacial score (nSPS) is 10.2. The van der Waals surface area contributed by atoms with Crippen molar-refractivity contribution in [3.05, 3.63) is 53.5 Å². The van der Waals surface area contributed by atoms with E-state index in [-0.39, 0.29) is 5.82 Å². The first-order valence-corrected chi connectivity index (χ1v) is 5.57. The van der Waals surface area contributed by atoms with Crippen molar-refractivity contribution in [3.8, 4) is 11.6 Å². The van der Waals surface area contributed by atoms with Crippen molar-refractivity contribution >= 4 is 0 Å². The molecule has 0 aliphatic rings. The highest BCUT2D eigenvalue weighted by Gasteiger charge is 2.05. The zero-order valence-electron chi connectivity index (χ0n) is 10.3. The summed E-state index contributed by atoms with van der Waals surface area (Å²) < 4.78 is 23.8. The van der Waals surface area contributed by atoms with Gasteiger partial charge in [0.15, 0.2) is 0 Å². The molecule has 0 radical (unpaired) electrons. The Morgan fingerprint density at radius 1 is 1.28 bits per heavy atom. The Labute approximate surface area is 105 Å². The van der Waals surface area contributed by atoms with E-state index in [0.717, 1.165) is 5.56 Å². The monoisotopic (exact) mass is 247 g/mol. The molecule has 2 rings (SSSR count). The van der Waals surface area contributed by atoms with E-state index < -0.39 is 0 Å². The van der Waals surface area contributed by atoms with Crippen LogP contribution in [0.2, 0.25) is 0 Å². The molecule has 18 heavy (non-hydrogen) atoms. The van der Waals surface area contributed by atoms with Crippen LogP contribution in [0, 0.1) is 12.7 Å². The van der Waals surface area contributed by atoms with Crippen molar-refractivity contribution in [1.29, 1.82) is 0 Å². The molecule has 0 fully saturated rings. The number of methoxy groups -OCH3 is 1. The number of hydrogen-bond acceptors (Lipinski definition) is 3. The lowest BCUT2D eigenvalue weighted by atomic mass is 10.2. The van der Waals surface area contributed by atoms with E-state index in [1.807, 2.05) is 12.1 Å². The molecule has 1 heterocycles. The van der Waals surface area contributed by atoms with Gasteiger partial charge < -0.3 is 9.47 Å². The first kappa shape index (κ1) is 12.4. The number of aromatic nitrogens is 1. The average Bonchev–Trinajstić information content (AvgIpc) is 2.40. The second kappa shape index (κ2) is 5.49. The summed E-state index contributed by atoms with van der Waals surface area (Å²) in [4.78, 5) is 4.08. The van der Waals surface area contributed by atoms with Crippen LogP contribution in [0.1, 0.15) is 11.1 Å². The Bertz CT molecular complexity index is 543. The van der Waals surface area contributed by atoms with Gasteiger partial charge in [-0.1, -0.05) is 0 Å². The maximum absolute atomic E-state index is 13.1. The Morgan fingerprint density at radius 3 is 2.83 bits per heavy atom. The minimum atomic E-state index is -0.235. The average molecular weight is 247 g/mol. The van der Waals surface area contributed by atoms with Gasteiger partial charge in [0.25, 0.3) is 0 Å². The van der Waals surface area contributed by atoms with Gasteiger partial charge in [-0.3, -0.25) is 0 Å². The summed E-state index contributed by atoms with van der Waals surface area (Å²) in [5.41, 5.74) is 1.41. The van der Waals surface area contributed by atoms with Crippen LogP contribution in [0.25, 0.3) is 0 Å². The lowest BCUT2D eigenvalue weighted by molar-refractivity contribution is 0.293. The second-order valence-electron chi connectivity index (χ2n) is 3.87. The van der Waals surface area contributed by atoms with Crippen LogP contribution >= 0.6 is 0 Å². The van der Waals surface area contributed by atoms with Gasteiger partial charge in [-0.25, -0.2) is 9.37 Å². The number of aryl methyl sites for hydroxylation is 1. The van der Waals surface area contributed by atoms with E-state index in [4.69, 9.17) is 9.47 Å². The molecule has 3 nitrogen and oxygen atoms in total. The van der Waals surface area contributed by atoms with Crippen LogP contribution in [-0.2, 0) is 6.61 Å². The summed E-state index contributed by atoms with van der Waals surface area (Å²) >= 11 is 0. The van der Waals surface area contributed by atoms with Gasteiger partial charge in [-0.15, -0.1) is 0 Å². The summed E-state index contributed by atoms with van der Waals surface area (Å²) in [6.45, 7) is 2.04. The lowest BCUT2D eigenvalue weighted by Crippen LogP contribution is -2.00. The molecule has 0 N–H and O–H groups in total. The van der Waals surface area contributed by atoms with Crippen molar-refractivity contribution in [2.45, 2.75) is 13.5 Å². The quantitative estimate of drug-likeness (QED) is 0.831. The SMILES string of the molecule is COc1ncccc1COc1ccc(F)c(C)c1. The molecule has 0 unspecified atom stereocenters. The molecular weight excluding hydrogens is 233 g/mol. The smallest absolute Gasteiger partial charge is 0.219 e. The van der Waals surface area contributed by atoms with Crippen LogP contribution < -0.4 is 9.47 Å². The van der Waals surface area contributed by atoms with Gasteiger partial charge in [0, 0.05) is 6.20 Å². The third-order valence-corrected chi connectivity index (χ3v) is 2.57. The van der Waals surface area contributed by atoms with E-state index in [0.29, 0.717) is 23.8 Å². The maximum Gasteiger partial charge on any atom is 0.219 e. The molecule has 0 bridgehead atoms. The second-order valence-corrected chi connectivity index (χ2v) is 3.87. The van der Waals surface area contributed by atoms with Crippen LogP contribution in [0.4, 0.5) is 4.39 Å². The van der Waals surface area contributed by atoms with E-state index in [9.17, 15) is 4.39 Å². The van der Waals surface area contributed by atoms with Crippen LogP contribution in [0.3, 0.4) is 0 Å². The minimum absolute atomic E-state index is 0.235. The van der Waals surface area contributed by atoms with E-state index in [2.05, 4.69) is 4.98 Å². The Morgan fingerprint density at radius 2 is 2.11 bits per heavy atom. The van der Waals surface area contributed by atoms with Crippen LogP contribution in [-0.4, -0.2) is 12.1 Å². The molecule has 0 saturated heterocycles. The predicted molar refractivity (Wildman–Crippen MR) is 66.3 cm³/mol. The summed E-state index contributed by atoms with van der Waals surface area (Å²) in [7, 11) is 1.56. The van der Waals surface area contributed by atoms with Gasteiger partial charge in [-0.2, -0.15) is 0 Å². The Balaban J connectivity index is 2.09. The van der Waals surface area contributed by atoms with Gasteiger partial charge >= 0.3 is 0 Å². The zero-order valence-corrected chi connectivity index (χ0v) is 10.3. The molecule has 4 heteroatoms. The van der Waals surface area contributed by atoms with Crippen molar-refractivity contribution in [2.24, 2.45) is 0 Å². The van der Waals surface area contributed by atoms with E-state index >= 15 is 0 Å². The first-order chi connectivity index (χ1) is 8.70. The van der Waals surface area contributed by atoms with Crippen LogP contribution in [0.5, 0.6) is 11.6 Å². The topological polar surface area (TPSA) is 31.4 Å². The van der Waals surface area contributed by atoms with E-state index in [1.54, 1.807) is 32.4 Å². The fraction of sp³-hybridized carbons (Fsp3) is 0.214. The van der Waals surface area contributed by atoms with Crippen LogP contribution in [0.15, 0.2) is 36.5 Å². The predicted octanol–water partition coefficient (Wildman–Crippen LogP) is 3.12. The Hall–Kier alpha value is -2.10. The first-order valence-electron chi connectivity index (χ1n) is 5.57. The number of hydrogen-bond donors (Lipinski definition) is 0. The molecule has 0 saturated carbocycles. The lowest BCUT2D eigenvalue weighted by Gasteiger charge is -2.09. The third-order valence-electron chi connectivity index (χ3n) is 2.57. The minimum Gasteiger partial charge on any atom is -0.489 e. The fourth-order valence-electron chi connectivity index (χ4n) is 1.59. The summed E-state index contributed by atoms with van der Waals surface area (Å²) in [6.07, 6.45) is 1.66. The van der Waals surface area contributed by atoms with Gasteiger partial charge in [0.2, 0.25) is 5.88 Å². The van der Waals surface area contributed by atoms with Crippen molar-refractivity contribution in [1.82, 2.24) is 4.98 Å². The summed E-state index contributed by atoms with van der Waals surface area (Å²) in [6, 6.07) is 8.35. The van der Waals surface area contributed by atoms with E-state index in [1.165, 1.54) is 6.07 Å². The number of benzene rings is 1. The fourth-order valence-corrected chi connectivity index (χ4v) is 1.59. The maximum atomic E-state index is 13.1. The molecule has 1 aromatic heterocycles. The zero-order chi connectivity index (χ0) is 13.0. The largest absolute Gasteiger partial charge is 0.489 e. The van der Waals surface area contributed by atoms with Gasteiger partial charge in [0.1, 0.15) is 18.2 Å². The van der Waals surface area contributed by atoms with Gasteiger partial charge in [0.05, 0.1) is 12.7 Å². The summed E-state index contributed by atoms with van der Waals surface area (Å²) in [5, 5.41) is 0. The standard InChI is InChI=1S/C14H14FNO2/c1-10-8-12(5-6-13(10)15)18-9-11-4-3-7-16-14(11)17-2/h3-8H,9H2,1-2H3.